The van der Waals surface area contributed by atoms with Gasteiger partial charge in [-0.15, -0.1) is 0 Å². The van der Waals surface area contributed by atoms with Gasteiger partial charge in [-0.25, -0.2) is 4.98 Å². The highest BCUT2D eigenvalue weighted by Gasteiger charge is 2.16. The molecule has 0 fully saturated rings. The molecular formula is C24H19N7S. The zero-order valence-electron chi connectivity index (χ0n) is 17.5. The van der Waals surface area contributed by atoms with E-state index in [-0.39, 0.29) is 0 Å². The van der Waals surface area contributed by atoms with Crippen LogP contribution in [0, 0.1) is 0 Å². The van der Waals surface area contributed by atoms with Gasteiger partial charge in [0.15, 0.2) is 5.82 Å². The molecule has 32 heavy (non-hydrogen) atoms. The molecule has 6 aromatic rings. The standard InChI is InChI=1S/C24H19N7S/c1-31(2)17-7-16(9-25-10-17)14-3-4-20-18(8-14)23(30-29-20)24-27-21-12-26-11-19(22(21)28-24)15-5-6-32-13-15/h3-13H,1-2H3,(H,27,28)(H,29,30). The molecule has 156 valence electrons. The summed E-state index contributed by atoms with van der Waals surface area (Å²) in [4.78, 5) is 19.2. The number of benzene rings is 1. The van der Waals surface area contributed by atoms with Gasteiger partial charge in [0.25, 0.3) is 0 Å². The highest BCUT2D eigenvalue weighted by atomic mass is 32.1. The molecule has 0 radical (unpaired) electrons. The minimum Gasteiger partial charge on any atom is -0.376 e. The van der Waals surface area contributed by atoms with Gasteiger partial charge in [0.2, 0.25) is 0 Å². The number of rotatable bonds is 4. The maximum atomic E-state index is 4.91. The first kappa shape index (κ1) is 18.7. The first-order valence-corrected chi connectivity index (χ1v) is 11.1. The summed E-state index contributed by atoms with van der Waals surface area (Å²) in [6, 6.07) is 10.5. The molecule has 0 saturated carbocycles. The second kappa shape index (κ2) is 7.28. The van der Waals surface area contributed by atoms with Gasteiger partial charge in [0.1, 0.15) is 11.2 Å². The van der Waals surface area contributed by atoms with Crippen LogP contribution in [0.5, 0.6) is 0 Å². The maximum Gasteiger partial charge on any atom is 0.159 e. The van der Waals surface area contributed by atoms with Crippen LogP contribution in [0.1, 0.15) is 0 Å². The number of imidazole rings is 1. The number of aromatic amines is 2. The van der Waals surface area contributed by atoms with Crippen LogP contribution in [-0.2, 0) is 0 Å². The summed E-state index contributed by atoms with van der Waals surface area (Å²) >= 11 is 1.66. The molecule has 0 amide bonds. The van der Waals surface area contributed by atoms with Crippen LogP contribution in [-0.4, -0.2) is 44.2 Å². The topological polar surface area (TPSA) is 86.4 Å². The summed E-state index contributed by atoms with van der Waals surface area (Å²) in [6.07, 6.45) is 7.41. The Labute approximate surface area is 187 Å². The van der Waals surface area contributed by atoms with Crippen molar-refractivity contribution < 1.29 is 0 Å². The predicted octanol–water partition coefficient (Wildman–Crippen LogP) is 5.36. The van der Waals surface area contributed by atoms with E-state index in [1.165, 1.54) is 0 Å². The molecular weight excluding hydrogens is 418 g/mol. The van der Waals surface area contributed by atoms with Crippen molar-refractivity contribution >= 4 is 39.0 Å². The van der Waals surface area contributed by atoms with E-state index in [4.69, 9.17) is 4.98 Å². The summed E-state index contributed by atoms with van der Waals surface area (Å²) in [7, 11) is 4.03. The van der Waals surface area contributed by atoms with Crippen molar-refractivity contribution in [1.29, 1.82) is 0 Å². The third kappa shape index (κ3) is 3.04. The SMILES string of the molecule is CN(C)c1cncc(-c2ccc3[nH]nc(-c4nc5c(-c6ccsc6)cncc5[nH]4)c3c2)c1. The number of H-pyrrole nitrogens is 2. The van der Waals surface area contributed by atoms with E-state index in [9.17, 15) is 0 Å². The van der Waals surface area contributed by atoms with E-state index in [0.717, 1.165) is 55.6 Å². The van der Waals surface area contributed by atoms with E-state index < -0.39 is 0 Å². The fourth-order valence-corrected chi connectivity index (χ4v) is 4.53. The van der Waals surface area contributed by atoms with Gasteiger partial charge in [0.05, 0.1) is 29.1 Å². The van der Waals surface area contributed by atoms with Crippen LogP contribution in [0.3, 0.4) is 0 Å². The van der Waals surface area contributed by atoms with Gasteiger partial charge >= 0.3 is 0 Å². The predicted molar refractivity (Wildman–Crippen MR) is 130 cm³/mol. The minimum atomic E-state index is 0.716. The molecule has 8 heteroatoms. The molecule has 5 heterocycles. The molecule has 0 unspecified atom stereocenters. The Balaban J connectivity index is 1.49. The second-order valence-electron chi connectivity index (χ2n) is 7.84. The van der Waals surface area contributed by atoms with E-state index >= 15 is 0 Å². The molecule has 0 aliphatic rings. The number of pyridine rings is 2. The van der Waals surface area contributed by atoms with Crippen molar-refractivity contribution in [3.05, 3.63) is 65.9 Å². The average Bonchev–Trinajstić information content (AvgIpc) is 3.57. The van der Waals surface area contributed by atoms with Crippen molar-refractivity contribution in [2.45, 2.75) is 0 Å². The minimum absolute atomic E-state index is 0.716. The van der Waals surface area contributed by atoms with Gasteiger partial charge in [-0.05, 0) is 46.2 Å². The number of aromatic nitrogens is 6. The Kier molecular flexibility index (Phi) is 4.26. The van der Waals surface area contributed by atoms with Crippen molar-refractivity contribution in [3.63, 3.8) is 0 Å². The summed E-state index contributed by atoms with van der Waals surface area (Å²) < 4.78 is 0. The van der Waals surface area contributed by atoms with Crippen LogP contribution < -0.4 is 4.90 Å². The lowest BCUT2D eigenvalue weighted by Crippen LogP contribution is -2.08. The molecule has 0 spiro atoms. The molecule has 7 nitrogen and oxygen atoms in total. The lowest BCUT2D eigenvalue weighted by Gasteiger charge is -2.13. The third-order valence-corrected chi connectivity index (χ3v) is 6.27. The fourth-order valence-electron chi connectivity index (χ4n) is 3.88. The molecule has 0 saturated heterocycles. The lowest BCUT2D eigenvalue weighted by molar-refractivity contribution is 1.11. The summed E-state index contributed by atoms with van der Waals surface area (Å²) in [5, 5.41) is 12.9. The normalized spacial score (nSPS) is 11.4. The average molecular weight is 438 g/mol. The zero-order chi connectivity index (χ0) is 21.7. The van der Waals surface area contributed by atoms with Crippen molar-refractivity contribution in [2.75, 3.05) is 19.0 Å². The molecule has 1 aromatic carbocycles. The van der Waals surface area contributed by atoms with Crippen molar-refractivity contribution in [3.8, 4) is 33.8 Å². The zero-order valence-corrected chi connectivity index (χ0v) is 18.3. The lowest BCUT2D eigenvalue weighted by atomic mass is 10.0. The van der Waals surface area contributed by atoms with Crippen LogP contribution in [0.2, 0.25) is 0 Å². The molecule has 0 aliphatic carbocycles. The number of nitrogens with one attached hydrogen (secondary N) is 2. The molecule has 0 bridgehead atoms. The Hall–Kier alpha value is -4.04. The molecule has 0 aliphatic heterocycles. The number of anilines is 1. The van der Waals surface area contributed by atoms with E-state index in [1.807, 2.05) is 43.7 Å². The van der Waals surface area contributed by atoms with E-state index in [2.05, 4.69) is 60.2 Å². The Bertz CT molecular complexity index is 1560. The Morgan fingerprint density at radius 1 is 0.875 bits per heavy atom. The number of thiophene rings is 1. The first-order chi connectivity index (χ1) is 15.7. The largest absolute Gasteiger partial charge is 0.376 e. The van der Waals surface area contributed by atoms with Crippen LogP contribution >= 0.6 is 11.3 Å². The summed E-state index contributed by atoms with van der Waals surface area (Å²) in [5.41, 5.74) is 8.84. The van der Waals surface area contributed by atoms with Crippen LogP contribution in [0.25, 0.3) is 55.7 Å². The highest BCUT2D eigenvalue weighted by Crippen LogP contribution is 2.33. The monoisotopic (exact) mass is 437 g/mol. The number of hydrogen-bond donors (Lipinski definition) is 2. The van der Waals surface area contributed by atoms with Gasteiger partial charge in [-0.3, -0.25) is 15.1 Å². The number of hydrogen-bond acceptors (Lipinski definition) is 6. The second-order valence-corrected chi connectivity index (χ2v) is 8.62. The highest BCUT2D eigenvalue weighted by molar-refractivity contribution is 7.08. The van der Waals surface area contributed by atoms with E-state index in [0.29, 0.717) is 5.82 Å². The van der Waals surface area contributed by atoms with Crippen molar-refractivity contribution in [1.82, 2.24) is 30.1 Å². The maximum absolute atomic E-state index is 4.91. The van der Waals surface area contributed by atoms with Gasteiger partial charge < -0.3 is 9.88 Å². The Morgan fingerprint density at radius 2 is 1.78 bits per heavy atom. The Morgan fingerprint density at radius 3 is 2.62 bits per heavy atom. The summed E-state index contributed by atoms with van der Waals surface area (Å²) in [6.45, 7) is 0. The number of nitrogens with zero attached hydrogens (tertiary/aromatic N) is 5. The van der Waals surface area contributed by atoms with Gasteiger partial charge in [-0.2, -0.15) is 16.4 Å². The van der Waals surface area contributed by atoms with Crippen LogP contribution in [0.4, 0.5) is 5.69 Å². The van der Waals surface area contributed by atoms with Gasteiger partial charge in [0, 0.05) is 43.0 Å². The molecule has 2 N–H and O–H groups in total. The van der Waals surface area contributed by atoms with Crippen LogP contribution in [0.15, 0.2) is 65.9 Å². The first-order valence-electron chi connectivity index (χ1n) is 10.1. The van der Waals surface area contributed by atoms with Gasteiger partial charge in [-0.1, -0.05) is 6.07 Å². The molecule has 5 aromatic heterocycles. The quantitative estimate of drug-likeness (QED) is 0.388. The molecule has 0 atom stereocenters. The molecule has 6 rings (SSSR count). The third-order valence-electron chi connectivity index (χ3n) is 5.59. The van der Waals surface area contributed by atoms with E-state index in [1.54, 1.807) is 17.5 Å². The van der Waals surface area contributed by atoms with Crippen molar-refractivity contribution in [2.24, 2.45) is 0 Å². The number of fused-ring (bicyclic) bond motifs is 2. The summed E-state index contributed by atoms with van der Waals surface area (Å²) in [5.74, 6) is 0.716. The fraction of sp³-hybridized carbons (Fsp3) is 0.0833. The smallest absolute Gasteiger partial charge is 0.159 e.